The maximum atomic E-state index is 12.6. The number of methoxy groups -OCH3 is 1. The van der Waals surface area contributed by atoms with Crippen LogP contribution in [0.3, 0.4) is 0 Å². The molecule has 0 radical (unpaired) electrons. The van der Waals surface area contributed by atoms with E-state index in [4.69, 9.17) is 21.1 Å². The largest absolute Gasteiger partial charge is 0.478 e. The highest BCUT2D eigenvalue weighted by Gasteiger charge is 2.29. The van der Waals surface area contributed by atoms with Gasteiger partial charge in [0.1, 0.15) is 11.8 Å². The third-order valence-corrected chi connectivity index (χ3v) is 7.15. The van der Waals surface area contributed by atoms with Crippen LogP contribution in [0.25, 0.3) is 0 Å². The minimum atomic E-state index is -1.07. The Hall–Kier alpha value is -3.84. The van der Waals surface area contributed by atoms with Gasteiger partial charge < -0.3 is 20.1 Å². The van der Waals surface area contributed by atoms with Crippen LogP contribution in [0.1, 0.15) is 91.4 Å². The number of hydrogen-bond donors (Lipinski definition) is 2. The van der Waals surface area contributed by atoms with Crippen LogP contribution in [0.2, 0.25) is 5.02 Å². The number of carbonyl (C=O) groups is 3. The first kappa shape index (κ1) is 41.2. The molecule has 0 aromatic heterocycles. The van der Waals surface area contributed by atoms with Gasteiger partial charge in [0.15, 0.2) is 5.60 Å². The molecular weight excluding hydrogens is 612 g/mol. The normalized spacial score (nSPS) is 13.0. The van der Waals surface area contributed by atoms with Crippen molar-refractivity contribution in [1.29, 1.82) is 0 Å². The summed E-state index contributed by atoms with van der Waals surface area (Å²) in [5, 5.41) is 6.25. The van der Waals surface area contributed by atoms with E-state index in [9.17, 15) is 14.4 Å². The average Bonchev–Trinajstić information content (AvgIpc) is 3.05. The maximum absolute atomic E-state index is 12.6. The lowest BCUT2D eigenvalue weighted by Gasteiger charge is -2.25. The van der Waals surface area contributed by atoms with Crippen molar-refractivity contribution in [1.82, 2.24) is 10.6 Å². The van der Waals surface area contributed by atoms with Gasteiger partial charge in [-0.05, 0) is 102 Å². The number of unbranched alkanes of at least 4 members (excludes halogenated alkanes) is 1. The summed E-state index contributed by atoms with van der Waals surface area (Å²) in [5.41, 5.74) is -1.07. The van der Waals surface area contributed by atoms with Crippen LogP contribution in [0.15, 0.2) is 97.2 Å². The summed E-state index contributed by atoms with van der Waals surface area (Å²) in [6, 6.07) is 6.10. The van der Waals surface area contributed by atoms with Crippen LogP contribution in [0.4, 0.5) is 0 Å². The third kappa shape index (κ3) is 21.6. The van der Waals surface area contributed by atoms with Crippen molar-refractivity contribution in [3.8, 4) is 5.75 Å². The Morgan fingerprint density at radius 1 is 0.787 bits per heavy atom. The molecule has 7 nitrogen and oxygen atoms in total. The number of carbonyl (C=O) groups excluding carboxylic acids is 3. The molecular formula is C39H55ClN2O5. The fourth-order valence-electron chi connectivity index (χ4n) is 4.24. The van der Waals surface area contributed by atoms with Crippen LogP contribution >= 0.6 is 11.6 Å². The van der Waals surface area contributed by atoms with E-state index in [1.54, 1.807) is 38.1 Å². The Kier molecular flexibility index (Phi) is 23.0. The molecule has 0 bridgehead atoms. The van der Waals surface area contributed by atoms with Crippen LogP contribution in [-0.4, -0.2) is 43.1 Å². The van der Waals surface area contributed by atoms with Gasteiger partial charge in [-0.25, -0.2) is 4.79 Å². The van der Waals surface area contributed by atoms with Crippen molar-refractivity contribution in [2.75, 3.05) is 13.7 Å². The summed E-state index contributed by atoms with van der Waals surface area (Å²) >= 11 is 5.91. The van der Waals surface area contributed by atoms with E-state index in [-0.39, 0.29) is 18.2 Å². The number of benzene rings is 1. The number of hydrogen-bond acceptors (Lipinski definition) is 5. The van der Waals surface area contributed by atoms with Crippen molar-refractivity contribution < 1.29 is 23.9 Å². The van der Waals surface area contributed by atoms with Gasteiger partial charge in [-0.15, -0.1) is 0 Å². The number of amides is 2. The highest BCUT2D eigenvalue weighted by molar-refractivity contribution is 6.30. The highest BCUT2D eigenvalue weighted by Crippen LogP contribution is 2.21. The molecule has 1 atom stereocenters. The lowest BCUT2D eigenvalue weighted by atomic mass is 10.1. The van der Waals surface area contributed by atoms with Crippen molar-refractivity contribution in [3.05, 3.63) is 102 Å². The molecule has 2 N–H and O–H groups in total. The fourth-order valence-corrected chi connectivity index (χ4v) is 4.37. The van der Waals surface area contributed by atoms with E-state index >= 15 is 0 Å². The second-order valence-corrected chi connectivity index (χ2v) is 11.9. The van der Waals surface area contributed by atoms with Crippen LogP contribution in [0, 0.1) is 0 Å². The Balaban J connectivity index is 2.22. The van der Waals surface area contributed by atoms with E-state index in [0.717, 1.165) is 38.5 Å². The summed E-state index contributed by atoms with van der Waals surface area (Å²) in [5.74, 6) is -0.380. The summed E-state index contributed by atoms with van der Waals surface area (Å²) in [7, 11) is 1.31. The van der Waals surface area contributed by atoms with Crippen LogP contribution < -0.4 is 15.4 Å². The summed E-state index contributed by atoms with van der Waals surface area (Å²) in [4.78, 5) is 37.3. The number of ether oxygens (including phenoxy) is 2. The standard InChI is InChI=1S/C39H55ClN2O5/c1-5-6-7-8-9-10-11-12-13-14-15-16-17-18-19-20-21-22-23-27-36(43)42-35(37(44)46-4)26-24-25-32-41-38(45)39(2,3)47-34-30-28-33(40)29-31-34/h6-7,9-10,12-13,15-16,18-19,21-22,28-31,35H,5,8,11,14,17,20,23-27,32H2,1-4H3,(H,41,45)(H,42,43). The Morgan fingerprint density at radius 2 is 1.30 bits per heavy atom. The average molecular weight is 667 g/mol. The number of rotatable bonds is 24. The minimum Gasteiger partial charge on any atom is -0.478 e. The molecule has 0 saturated heterocycles. The van der Waals surface area contributed by atoms with Crippen molar-refractivity contribution in [2.24, 2.45) is 0 Å². The predicted octanol–water partition coefficient (Wildman–Crippen LogP) is 8.92. The van der Waals surface area contributed by atoms with E-state index in [1.807, 2.05) is 12.2 Å². The smallest absolute Gasteiger partial charge is 0.328 e. The number of nitrogens with one attached hydrogen (secondary N) is 2. The Bertz CT molecular complexity index is 1210. The third-order valence-electron chi connectivity index (χ3n) is 6.89. The van der Waals surface area contributed by atoms with E-state index in [1.165, 1.54) is 7.11 Å². The lowest BCUT2D eigenvalue weighted by molar-refractivity contribution is -0.145. The van der Waals surface area contributed by atoms with Gasteiger partial charge in [0.2, 0.25) is 5.91 Å². The fraction of sp³-hybridized carbons (Fsp3) is 0.462. The summed E-state index contributed by atoms with van der Waals surface area (Å²) in [6.45, 7) is 5.94. The molecule has 8 heteroatoms. The van der Waals surface area contributed by atoms with Gasteiger partial charge in [-0.3, -0.25) is 9.59 Å². The van der Waals surface area contributed by atoms with E-state index in [0.29, 0.717) is 43.0 Å². The first-order chi connectivity index (χ1) is 22.7. The molecule has 0 aliphatic rings. The monoisotopic (exact) mass is 666 g/mol. The SMILES string of the molecule is CCC=CCC=CCC=CCC=CCC=CCC=CCCC(=O)NC(CCCCNC(=O)C(C)(C)Oc1ccc(Cl)cc1)C(=O)OC. The summed E-state index contributed by atoms with van der Waals surface area (Å²) in [6.07, 6.45) is 34.0. The van der Waals surface area contributed by atoms with Gasteiger partial charge in [0.25, 0.3) is 5.91 Å². The molecule has 0 saturated carbocycles. The molecule has 1 unspecified atom stereocenters. The quantitative estimate of drug-likeness (QED) is 0.0653. The number of halogens is 1. The summed E-state index contributed by atoms with van der Waals surface area (Å²) < 4.78 is 10.7. The highest BCUT2D eigenvalue weighted by atomic mass is 35.5. The molecule has 0 aliphatic heterocycles. The molecule has 0 spiro atoms. The van der Waals surface area contributed by atoms with Crippen molar-refractivity contribution in [3.63, 3.8) is 0 Å². The first-order valence-corrected chi connectivity index (χ1v) is 17.1. The van der Waals surface area contributed by atoms with E-state index in [2.05, 4.69) is 78.3 Å². The zero-order chi connectivity index (χ0) is 34.6. The van der Waals surface area contributed by atoms with Gasteiger partial charge in [-0.2, -0.15) is 0 Å². The minimum absolute atomic E-state index is 0.200. The topological polar surface area (TPSA) is 93.7 Å². The van der Waals surface area contributed by atoms with Crippen LogP contribution in [-0.2, 0) is 19.1 Å². The van der Waals surface area contributed by atoms with Gasteiger partial charge >= 0.3 is 5.97 Å². The molecule has 1 rings (SSSR count). The molecule has 0 aliphatic carbocycles. The Morgan fingerprint density at radius 3 is 1.81 bits per heavy atom. The number of allylic oxidation sites excluding steroid dienone is 12. The molecule has 258 valence electrons. The predicted molar refractivity (Wildman–Crippen MR) is 194 cm³/mol. The van der Waals surface area contributed by atoms with Crippen molar-refractivity contribution in [2.45, 2.75) is 103 Å². The zero-order valence-electron chi connectivity index (χ0n) is 28.7. The van der Waals surface area contributed by atoms with Crippen LogP contribution in [0.5, 0.6) is 5.75 Å². The van der Waals surface area contributed by atoms with Gasteiger partial charge in [0, 0.05) is 18.0 Å². The van der Waals surface area contributed by atoms with Gasteiger partial charge in [-0.1, -0.05) is 91.4 Å². The number of esters is 1. The van der Waals surface area contributed by atoms with Gasteiger partial charge in [0.05, 0.1) is 7.11 Å². The molecule has 1 aromatic carbocycles. The molecule has 0 fully saturated rings. The second-order valence-electron chi connectivity index (χ2n) is 11.4. The first-order valence-electron chi connectivity index (χ1n) is 16.7. The van der Waals surface area contributed by atoms with Crippen molar-refractivity contribution >= 4 is 29.4 Å². The zero-order valence-corrected chi connectivity index (χ0v) is 29.5. The molecule has 1 aromatic rings. The Labute approximate surface area is 287 Å². The lowest BCUT2D eigenvalue weighted by Crippen LogP contribution is -2.46. The molecule has 0 heterocycles. The molecule has 2 amide bonds. The second kappa shape index (κ2) is 26.3. The maximum Gasteiger partial charge on any atom is 0.328 e. The van der Waals surface area contributed by atoms with E-state index < -0.39 is 17.6 Å². The molecule has 47 heavy (non-hydrogen) atoms.